The SMILES string of the molecule is Cc1cnn(CC(C)NCC(=O)N2CCc3ccccc3C2)c1. The molecule has 1 atom stereocenters. The van der Waals surface area contributed by atoms with Crippen molar-refractivity contribution in [1.29, 1.82) is 0 Å². The Kier molecular flexibility index (Phi) is 4.76. The van der Waals surface area contributed by atoms with Crippen LogP contribution in [-0.2, 0) is 24.3 Å². The second-order valence-electron chi connectivity index (χ2n) is 6.36. The molecule has 0 fully saturated rings. The lowest BCUT2D eigenvalue weighted by Gasteiger charge is -2.29. The van der Waals surface area contributed by atoms with Crippen molar-refractivity contribution in [2.75, 3.05) is 13.1 Å². The third-order valence-electron chi connectivity index (χ3n) is 4.31. The highest BCUT2D eigenvalue weighted by atomic mass is 16.2. The highest BCUT2D eigenvalue weighted by Crippen LogP contribution is 2.18. The van der Waals surface area contributed by atoms with E-state index in [0.717, 1.165) is 31.6 Å². The first kappa shape index (κ1) is 15.7. The predicted octanol–water partition coefficient (Wildman–Crippen LogP) is 1.75. The Hall–Kier alpha value is -2.14. The van der Waals surface area contributed by atoms with Crippen LogP contribution in [0.15, 0.2) is 36.7 Å². The molecule has 5 heteroatoms. The quantitative estimate of drug-likeness (QED) is 0.915. The summed E-state index contributed by atoms with van der Waals surface area (Å²) in [5, 5.41) is 7.59. The Morgan fingerprint density at radius 2 is 2.13 bits per heavy atom. The van der Waals surface area contributed by atoms with Crippen molar-refractivity contribution in [3.05, 3.63) is 53.3 Å². The van der Waals surface area contributed by atoms with Crippen LogP contribution >= 0.6 is 0 Å². The van der Waals surface area contributed by atoms with Gasteiger partial charge in [0.1, 0.15) is 0 Å². The van der Waals surface area contributed by atoms with Crippen LogP contribution in [0.25, 0.3) is 0 Å². The highest BCUT2D eigenvalue weighted by Gasteiger charge is 2.20. The van der Waals surface area contributed by atoms with E-state index in [9.17, 15) is 4.79 Å². The Balaban J connectivity index is 1.48. The molecule has 23 heavy (non-hydrogen) atoms. The topological polar surface area (TPSA) is 50.2 Å². The Morgan fingerprint density at radius 1 is 1.35 bits per heavy atom. The first-order valence-corrected chi connectivity index (χ1v) is 8.19. The molecular formula is C18H24N4O. The fraction of sp³-hybridized carbons (Fsp3) is 0.444. The van der Waals surface area contributed by atoms with E-state index in [1.165, 1.54) is 11.1 Å². The molecule has 0 spiro atoms. The number of rotatable bonds is 5. The fourth-order valence-electron chi connectivity index (χ4n) is 2.99. The van der Waals surface area contributed by atoms with E-state index >= 15 is 0 Å². The summed E-state index contributed by atoms with van der Waals surface area (Å²) in [4.78, 5) is 14.4. The van der Waals surface area contributed by atoms with Gasteiger partial charge in [0.15, 0.2) is 0 Å². The number of fused-ring (bicyclic) bond motifs is 1. The van der Waals surface area contributed by atoms with E-state index in [4.69, 9.17) is 0 Å². The van der Waals surface area contributed by atoms with Gasteiger partial charge in [-0.05, 0) is 37.0 Å². The summed E-state index contributed by atoms with van der Waals surface area (Å²) in [5.74, 6) is 0.169. The van der Waals surface area contributed by atoms with E-state index in [0.29, 0.717) is 6.54 Å². The number of carbonyl (C=O) groups excluding carboxylic acids is 1. The lowest BCUT2D eigenvalue weighted by atomic mass is 10.00. The van der Waals surface area contributed by atoms with Crippen molar-refractivity contribution >= 4 is 5.91 Å². The average Bonchev–Trinajstić information content (AvgIpc) is 2.97. The summed E-state index contributed by atoms with van der Waals surface area (Å²) in [6, 6.07) is 8.58. The van der Waals surface area contributed by atoms with Crippen LogP contribution in [0.5, 0.6) is 0 Å². The van der Waals surface area contributed by atoms with Crippen LogP contribution in [0.1, 0.15) is 23.6 Å². The molecule has 1 amide bonds. The number of nitrogens with one attached hydrogen (secondary N) is 1. The Bertz CT molecular complexity index is 679. The van der Waals surface area contributed by atoms with Gasteiger partial charge in [-0.3, -0.25) is 9.48 Å². The highest BCUT2D eigenvalue weighted by molar-refractivity contribution is 5.78. The number of aryl methyl sites for hydroxylation is 1. The number of carbonyl (C=O) groups is 1. The van der Waals surface area contributed by atoms with E-state index in [-0.39, 0.29) is 11.9 Å². The van der Waals surface area contributed by atoms with Crippen molar-refractivity contribution in [2.45, 2.75) is 39.4 Å². The second kappa shape index (κ2) is 6.96. The minimum atomic E-state index is 0.169. The van der Waals surface area contributed by atoms with E-state index in [1.54, 1.807) is 0 Å². The molecule has 1 aliphatic heterocycles. The molecule has 1 aromatic heterocycles. The number of hydrogen-bond donors (Lipinski definition) is 1. The molecule has 2 aromatic rings. The number of benzene rings is 1. The van der Waals surface area contributed by atoms with Gasteiger partial charge in [0, 0.05) is 25.3 Å². The van der Waals surface area contributed by atoms with Crippen LogP contribution in [0.3, 0.4) is 0 Å². The number of nitrogens with zero attached hydrogens (tertiary/aromatic N) is 3. The predicted molar refractivity (Wildman–Crippen MR) is 90.0 cm³/mol. The molecular weight excluding hydrogens is 288 g/mol. The maximum Gasteiger partial charge on any atom is 0.236 e. The van der Waals surface area contributed by atoms with Gasteiger partial charge in [-0.1, -0.05) is 24.3 Å². The third kappa shape index (κ3) is 3.99. The fourth-order valence-corrected chi connectivity index (χ4v) is 2.99. The van der Waals surface area contributed by atoms with Gasteiger partial charge in [0.2, 0.25) is 5.91 Å². The van der Waals surface area contributed by atoms with Crippen molar-refractivity contribution < 1.29 is 4.79 Å². The lowest BCUT2D eigenvalue weighted by Crippen LogP contribution is -2.44. The normalized spacial score (nSPS) is 15.3. The molecule has 0 radical (unpaired) electrons. The molecule has 1 N–H and O–H groups in total. The van der Waals surface area contributed by atoms with Gasteiger partial charge < -0.3 is 10.2 Å². The molecule has 0 bridgehead atoms. The third-order valence-corrected chi connectivity index (χ3v) is 4.31. The van der Waals surface area contributed by atoms with Crippen molar-refractivity contribution in [3.8, 4) is 0 Å². The maximum atomic E-state index is 12.4. The summed E-state index contributed by atoms with van der Waals surface area (Å²) in [7, 11) is 0. The summed E-state index contributed by atoms with van der Waals surface area (Å²) in [6.45, 7) is 6.79. The van der Waals surface area contributed by atoms with Crippen molar-refractivity contribution in [3.63, 3.8) is 0 Å². The number of amides is 1. The maximum absolute atomic E-state index is 12.4. The summed E-state index contributed by atoms with van der Waals surface area (Å²) in [6.07, 6.45) is 4.81. The summed E-state index contributed by atoms with van der Waals surface area (Å²) in [5.41, 5.74) is 3.79. The van der Waals surface area contributed by atoms with Crippen LogP contribution in [-0.4, -0.2) is 39.7 Å². The van der Waals surface area contributed by atoms with Gasteiger partial charge in [0.25, 0.3) is 0 Å². The van der Waals surface area contributed by atoms with Gasteiger partial charge in [-0.25, -0.2) is 0 Å². The zero-order chi connectivity index (χ0) is 16.2. The minimum absolute atomic E-state index is 0.169. The molecule has 1 aromatic carbocycles. The van der Waals surface area contributed by atoms with Gasteiger partial charge in [0.05, 0.1) is 19.3 Å². The molecule has 5 nitrogen and oxygen atoms in total. The van der Waals surface area contributed by atoms with Gasteiger partial charge in [-0.15, -0.1) is 0 Å². The van der Waals surface area contributed by atoms with Crippen molar-refractivity contribution in [1.82, 2.24) is 20.0 Å². The van der Waals surface area contributed by atoms with Crippen LogP contribution in [0.2, 0.25) is 0 Å². The zero-order valence-electron chi connectivity index (χ0n) is 13.8. The minimum Gasteiger partial charge on any atom is -0.337 e. The molecule has 0 saturated carbocycles. The molecule has 1 aliphatic rings. The second-order valence-corrected chi connectivity index (χ2v) is 6.36. The van der Waals surface area contributed by atoms with Crippen LogP contribution in [0, 0.1) is 6.92 Å². The first-order valence-electron chi connectivity index (χ1n) is 8.19. The molecule has 122 valence electrons. The molecule has 0 aliphatic carbocycles. The van der Waals surface area contributed by atoms with Crippen molar-refractivity contribution in [2.24, 2.45) is 0 Å². The number of aromatic nitrogens is 2. The van der Waals surface area contributed by atoms with Crippen LogP contribution in [0.4, 0.5) is 0 Å². The molecule has 2 heterocycles. The standard InChI is InChI=1S/C18H24N4O/c1-14-9-20-22(11-14)12-15(2)19-10-18(23)21-8-7-16-5-3-4-6-17(16)13-21/h3-6,9,11,15,19H,7-8,10,12-13H2,1-2H3. The van der Waals surface area contributed by atoms with E-state index in [1.807, 2.05) is 35.0 Å². The van der Waals surface area contributed by atoms with Gasteiger partial charge >= 0.3 is 0 Å². The lowest BCUT2D eigenvalue weighted by molar-refractivity contribution is -0.131. The van der Waals surface area contributed by atoms with E-state index < -0.39 is 0 Å². The Morgan fingerprint density at radius 3 is 2.87 bits per heavy atom. The average molecular weight is 312 g/mol. The smallest absolute Gasteiger partial charge is 0.236 e. The zero-order valence-corrected chi connectivity index (χ0v) is 13.8. The molecule has 0 saturated heterocycles. The largest absolute Gasteiger partial charge is 0.337 e. The molecule has 3 rings (SSSR count). The molecule has 1 unspecified atom stereocenters. The number of hydrogen-bond acceptors (Lipinski definition) is 3. The first-order chi connectivity index (χ1) is 11.1. The van der Waals surface area contributed by atoms with Crippen LogP contribution < -0.4 is 5.32 Å². The Labute approximate surface area is 137 Å². The van der Waals surface area contributed by atoms with E-state index in [2.05, 4.69) is 35.5 Å². The monoisotopic (exact) mass is 312 g/mol. The van der Waals surface area contributed by atoms with Gasteiger partial charge in [-0.2, -0.15) is 5.10 Å². The summed E-state index contributed by atoms with van der Waals surface area (Å²) < 4.78 is 1.91. The summed E-state index contributed by atoms with van der Waals surface area (Å²) >= 11 is 0.